The van der Waals surface area contributed by atoms with Crippen LogP contribution in [-0.2, 0) is 4.74 Å². The molecule has 0 bridgehead atoms. The van der Waals surface area contributed by atoms with E-state index in [2.05, 4.69) is 25.4 Å². The molecule has 4 rings (SSSR count). The second-order valence-corrected chi connectivity index (χ2v) is 6.67. The molecule has 5 N–H and O–H groups in total. The van der Waals surface area contributed by atoms with Gasteiger partial charge in [0.25, 0.3) is 5.91 Å². The number of nitrogen functional groups attached to an aromatic ring is 1. The number of carbonyl (C=O) groups is 1. The van der Waals surface area contributed by atoms with Crippen molar-refractivity contribution >= 4 is 22.9 Å². The summed E-state index contributed by atoms with van der Waals surface area (Å²) in [6.45, 7) is -3.03. The number of alkyl halides is 2. The molecule has 4 heterocycles. The number of imidazole rings is 1. The molecule has 0 aliphatic carbocycles. The van der Waals surface area contributed by atoms with Gasteiger partial charge in [-0.3, -0.25) is 4.79 Å². The van der Waals surface area contributed by atoms with E-state index in [0.717, 1.165) is 12.3 Å². The third kappa shape index (κ3) is 3.55. The number of carbonyl (C=O) groups excluding carboxylic acids is 1. The number of aliphatic hydroxyl groups excluding tert-OH is 2. The van der Waals surface area contributed by atoms with Crippen LogP contribution in [0.5, 0.6) is 0 Å². The van der Waals surface area contributed by atoms with Crippen LogP contribution in [0.3, 0.4) is 0 Å². The highest BCUT2D eigenvalue weighted by Gasteiger charge is 2.40. The molecular formula is C16H18F2N8O4. The fraction of sp³-hybridized carbons (Fsp3) is 0.438. The molecule has 3 aromatic rings. The highest BCUT2D eigenvalue weighted by molar-refractivity contribution is 5.92. The maximum Gasteiger partial charge on any atom is 0.333 e. The maximum absolute atomic E-state index is 12.6. The molecular weight excluding hydrogens is 406 g/mol. The number of ether oxygens (including phenoxy) is 1. The first-order valence-electron chi connectivity index (χ1n) is 8.89. The van der Waals surface area contributed by atoms with Crippen molar-refractivity contribution in [3.05, 3.63) is 30.6 Å². The van der Waals surface area contributed by atoms with Gasteiger partial charge in [0.15, 0.2) is 11.5 Å². The van der Waals surface area contributed by atoms with E-state index in [1.165, 1.54) is 17.2 Å². The summed E-state index contributed by atoms with van der Waals surface area (Å²) in [5.41, 5.74) is 6.29. The Hall–Kier alpha value is -3.23. The minimum absolute atomic E-state index is 0.00581. The molecule has 0 saturated carbocycles. The number of nitrogens with one attached hydrogen (secondary N) is 1. The lowest BCUT2D eigenvalue weighted by molar-refractivity contribution is -0.155. The minimum Gasteiger partial charge on any atom is -0.388 e. The summed E-state index contributed by atoms with van der Waals surface area (Å²) in [5.74, 6) is -0.532. The summed E-state index contributed by atoms with van der Waals surface area (Å²) in [4.78, 5) is 24.1. The first kappa shape index (κ1) is 20.1. The summed E-state index contributed by atoms with van der Waals surface area (Å²) < 4.78 is 32.6. The van der Waals surface area contributed by atoms with Crippen LogP contribution < -0.4 is 11.1 Å². The summed E-state index contributed by atoms with van der Waals surface area (Å²) in [6.07, 6.45) is 0.126. The van der Waals surface area contributed by atoms with Crippen molar-refractivity contribution in [2.24, 2.45) is 0 Å². The third-order valence-corrected chi connectivity index (χ3v) is 4.86. The molecule has 0 radical (unpaired) electrons. The van der Waals surface area contributed by atoms with Gasteiger partial charge in [0.05, 0.1) is 19.0 Å². The number of aliphatic hydroxyl groups is 2. The Morgan fingerprint density at radius 1 is 1.33 bits per heavy atom. The van der Waals surface area contributed by atoms with Crippen molar-refractivity contribution in [1.29, 1.82) is 0 Å². The molecule has 1 saturated heterocycles. The van der Waals surface area contributed by atoms with Crippen molar-refractivity contribution in [3.8, 4) is 0 Å². The molecule has 30 heavy (non-hydrogen) atoms. The van der Waals surface area contributed by atoms with Gasteiger partial charge in [-0.05, 0) is 6.07 Å². The molecule has 0 aromatic carbocycles. The van der Waals surface area contributed by atoms with E-state index in [-0.39, 0.29) is 24.7 Å². The van der Waals surface area contributed by atoms with Crippen LogP contribution in [0, 0.1) is 0 Å². The van der Waals surface area contributed by atoms with Gasteiger partial charge in [0.2, 0.25) is 0 Å². The van der Waals surface area contributed by atoms with E-state index in [0.29, 0.717) is 15.8 Å². The number of hydrogen-bond acceptors (Lipinski definition) is 9. The van der Waals surface area contributed by atoms with Gasteiger partial charge in [0.1, 0.15) is 35.8 Å². The molecule has 4 atom stereocenters. The number of nitrogens with two attached hydrogens (primary N) is 1. The van der Waals surface area contributed by atoms with Crippen LogP contribution in [0.4, 0.5) is 14.6 Å². The second-order valence-electron chi connectivity index (χ2n) is 6.67. The van der Waals surface area contributed by atoms with Crippen LogP contribution in [-0.4, -0.2) is 76.9 Å². The van der Waals surface area contributed by atoms with Gasteiger partial charge < -0.3 is 30.6 Å². The Morgan fingerprint density at radius 2 is 2.13 bits per heavy atom. The summed E-state index contributed by atoms with van der Waals surface area (Å²) in [6, 6.07) is 0.440. The molecule has 1 aliphatic rings. The van der Waals surface area contributed by atoms with Crippen LogP contribution >= 0.6 is 0 Å². The largest absolute Gasteiger partial charge is 0.388 e. The lowest BCUT2D eigenvalue weighted by atomic mass is 9.97. The highest BCUT2D eigenvalue weighted by Crippen LogP contribution is 2.28. The number of anilines is 1. The van der Waals surface area contributed by atoms with Crippen molar-refractivity contribution in [2.45, 2.75) is 30.9 Å². The molecule has 160 valence electrons. The first-order chi connectivity index (χ1) is 14.4. The fourth-order valence-electron chi connectivity index (χ4n) is 3.26. The smallest absolute Gasteiger partial charge is 0.333 e. The molecule has 12 nitrogen and oxygen atoms in total. The maximum atomic E-state index is 12.6. The predicted octanol–water partition coefficient (Wildman–Crippen LogP) is -0.908. The SMILES string of the molecule is Nc1ncnc2c1ncn2[C@@H]1CO[C@H](CNC(=O)c2ccn(C(F)F)n2)[C@@H](O)[C@H]1O. The van der Waals surface area contributed by atoms with Crippen LogP contribution in [0.15, 0.2) is 24.9 Å². The lowest BCUT2D eigenvalue weighted by Gasteiger charge is -2.38. The average Bonchev–Trinajstić information content (AvgIpc) is 3.37. The Balaban J connectivity index is 1.41. The zero-order chi connectivity index (χ0) is 21.4. The zero-order valence-electron chi connectivity index (χ0n) is 15.3. The van der Waals surface area contributed by atoms with Crippen molar-refractivity contribution < 1.29 is 28.5 Å². The van der Waals surface area contributed by atoms with Crippen LogP contribution in [0.25, 0.3) is 11.2 Å². The summed E-state index contributed by atoms with van der Waals surface area (Å²) >= 11 is 0. The van der Waals surface area contributed by atoms with Gasteiger partial charge >= 0.3 is 6.55 Å². The number of amides is 1. The molecule has 14 heteroatoms. The van der Waals surface area contributed by atoms with E-state index in [1.54, 1.807) is 0 Å². The van der Waals surface area contributed by atoms with Crippen molar-refractivity contribution in [3.63, 3.8) is 0 Å². The second kappa shape index (κ2) is 7.89. The van der Waals surface area contributed by atoms with Gasteiger partial charge in [-0.1, -0.05) is 0 Å². The number of rotatable bonds is 5. The average molecular weight is 424 g/mol. The van der Waals surface area contributed by atoms with Gasteiger partial charge in [-0.2, -0.15) is 13.9 Å². The van der Waals surface area contributed by atoms with Crippen LogP contribution in [0.2, 0.25) is 0 Å². The Kier molecular flexibility index (Phi) is 5.27. The number of halogens is 2. The summed E-state index contributed by atoms with van der Waals surface area (Å²) in [7, 11) is 0. The monoisotopic (exact) mass is 424 g/mol. The minimum atomic E-state index is -2.86. The van der Waals surface area contributed by atoms with Gasteiger partial charge in [-0.15, -0.1) is 0 Å². The quantitative estimate of drug-likeness (QED) is 0.405. The first-order valence-corrected chi connectivity index (χ1v) is 8.89. The topological polar surface area (TPSA) is 166 Å². The predicted molar refractivity (Wildman–Crippen MR) is 96.3 cm³/mol. The number of hydrogen-bond donors (Lipinski definition) is 4. The molecule has 1 amide bonds. The molecule has 0 spiro atoms. The fourth-order valence-corrected chi connectivity index (χ4v) is 3.26. The van der Waals surface area contributed by atoms with E-state index in [1.807, 2.05) is 0 Å². The lowest BCUT2D eigenvalue weighted by Crippen LogP contribution is -2.54. The molecule has 1 aliphatic heterocycles. The Labute approximate surface area is 167 Å². The molecule has 0 unspecified atom stereocenters. The van der Waals surface area contributed by atoms with E-state index >= 15 is 0 Å². The summed E-state index contributed by atoms with van der Waals surface area (Å²) in [5, 5.41) is 27.0. The van der Waals surface area contributed by atoms with E-state index in [9.17, 15) is 23.8 Å². The standard InChI is InChI=1S/C16H18F2N8O4/c17-16(18)26-2-1-7(24-26)15(29)20-3-9-12(28)11(27)8(4-30-9)25-6-23-10-13(19)21-5-22-14(10)25/h1-2,5-6,8-9,11-12,16,27-28H,3-4H2,(H,20,29)(H2,19,21,22)/t8-,9-,11+,12-/m1/s1. The number of aromatic nitrogens is 6. The number of fused-ring (bicyclic) bond motifs is 1. The van der Waals surface area contributed by atoms with E-state index < -0.39 is 36.8 Å². The molecule has 3 aromatic heterocycles. The zero-order valence-corrected chi connectivity index (χ0v) is 15.3. The Bertz CT molecular complexity index is 1060. The normalized spacial score (nSPS) is 24.4. The Morgan fingerprint density at radius 3 is 2.87 bits per heavy atom. The third-order valence-electron chi connectivity index (χ3n) is 4.86. The van der Waals surface area contributed by atoms with Crippen molar-refractivity contribution in [2.75, 3.05) is 18.9 Å². The van der Waals surface area contributed by atoms with Gasteiger partial charge in [-0.25, -0.2) is 19.6 Å². The van der Waals surface area contributed by atoms with Gasteiger partial charge in [0, 0.05) is 12.7 Å². The van der Waals surface area contributed by atoms with Crippen molar-refractivity contribution in [1.82, 2.24) is 34.6 Å². The van der Waals surface area contributed by atoms with E-state index in [4.69, 9.17) is 10.5 Å². The molecule has 1 fully saturated rings. The highest BCUT2D eigenvalue weighted by atomic mass is 19.3. The van der Waals surface area contributed by atoms with Crippen LogP contribution in [0.1, 0.15) is 23.1 Å². The number of nitrogens with zero attached hydrogens (tertiary/aromatic N) is 6.